The Bertz CT molecular complexity index is 508. The number of carbonyl (C=O) groups is 1. The summed E-state index contributed by atoms with van der Waals surface area (Å²) in [6.07, 6.45) is 4.01. The Hall–Kier alpha value is -1.36. The number of pyridine rings is 1. The molecule has 0 bridgehead atoms. The molecule has 0 unspecified atom stereocenters. The van der Waals surface area contributed by atoms with Crippen LogP contribution in [-0.2, 0) is 11.2 Å². The zero-order chi connectivity index (χ0) is 12.9. The Morgan fingerprint density at radius 1 is 1.50 bits per heavy atom. The zero-order valence-corrected chi connectivity index (χ0v) is 10.4. The van der Waals surface area contributed by atoms with Gasteiger partial charge < -0.3 is 5.11 Å². The third kappa shape index (κ3) is 1.83. The van der Waals surface area contributed by atoms with Crippen molar-refractivity contribution in [1.82, 2.24) is 4.98 Å². The van der Waals surface area contributed by atoms with Crippen molar-refractivity contribution >= 4 is 25.0 Å². The lowest BCUT2D eigenvalue weighted by Crippen LogP contribution is -2.57. The van der Waals surface area contributed by atoms with Gasteiger partial charge in [0.05, 0.1) is 5.60 Å². The second kappa shape index (κ2) is 3.82. The van der Waals surface area contributed by atoms with Crippen LogP contribution in [0.3, 0.4) is 0 Å². The van der Waals surface area contributed by atoms with E-state index in [4.69, 9.17) is 7.85 Å². The molecule has 0 aromatic carbocycles. The molecular weight excluding hydrogens is 227 g/mol. The Kier molecular flexibility index (Phi) is 2.49. The highest BCUT2D eigenvalue weighted by Crippen LogP contribution is 2.39. The van der Waals surface area contributed by atoms with Gasteiger partial charge in [0.1, 0.15) is 13.7 Å². The molecule has 4 nitrogen and oxygen atoms in total. The van der Waals surface area contributed by atoms with Crippen molar-refractivity contribution in [3.63, 3.8) is 0 Å². The largest absolute Gasteiger partial charge is 0.390 e. The molecule has 2 radical (unpaired) electrons. The van der Waals surface area contributed by atoms with E-state index in [-0.39, 0.29) is 11.9 Å². The topological polar surface area (TPSA) is 53.4 Å². The quantitative estimate of drug-likeness (QED) is 0.709. The average molecular weight is 242 g/mol. The number of amides is 1. The molecule has 1 N–H and O–H groups in total. The van der Waals surface area contributed by atoms with Crippen molar-refractivity contribution in [2.45, 2.75) is 44.2 Å². The van der Waals surface area contributed by atoms with Crippen LogP contribution < -0.4 is 10.4 Å². The Morgan fingerprint density at radius 3 is 2.89 bits per heavy atom. The minimum atomic E-state index is -0.642. The van der Waals surface area contributed by atoms with Crippen LogP contribution >= 0.6 is 0 Å². The molecule has 0 saturated heterocycles. The number of hydrogen-bond acceptors (Lipinski definition) is 3. The standard InChI is InChI=1S/C13H15BN2O2/c1-13(18)5-10(6-13)16-11(17)3-2-8-4-9(14)7-15-12(8)16/h4,7,10,18H,2-3,5-6H2,1H3. The molecule has 92 valence electrons. The van der Waals surface area contributed by atoms with Gasteiger partial charge in [-0.15, -0.1) is 0 Å². The summed E-state index contributed by atoms with van der Waals surface area (Å²) in [5.74, 6) is 0.821. The first-order chi connectivity index (χ1) is 8.46. The van der Waals surface area contributed by atoms with Gasteiger partial charge in [0.25, 0.3) is 0 Å². The van der Waals surface area contributed by atoms with E-state index in [0.717, 1.165) is 11.4 Å². The lowest BCUT2D eigenvalue weighted by Gasteiger charge is -2.47. The number of nitrogens with zero attached hydrogens (tertiary/aromatic N) is 2. The molecule has 3 rings (SSSR count). The molecule has 5 heteroatoms. The number of anilines is 1. The fourth-order valence-corrected chi connectivity index (χ4v) is 2.92. The van der Waals surface area contributed by atoms with E-state index in [1.54, 1.807) is 18.0 Å². The van der Waals surface area contributed by atoms with Crippen molar-refractivity contribution in [3.05, 3.63) is 17.8 Å². The van der Waals surface area contributed by atoms with E-state index >= 15 is 0 Å². The molecular formula is C13H15BN2O2. The number of hydrogen-bond donors (Lipinski definition) is 1. The van der Waals surface area contributed by atoms with Gasteiger partial charge >= 0.3 is 0 Å². The minimum Gasteiger partial charge on any atom is -0.390 e. The SMILES string of the molecule is [B]c1cnc2c(c1)CCC(=O)N2C1CC(C)(O)C1. The first kappa shape index (κ1) is 11.7. The van der Waals surface area contributed by atoms with Crippen LogP contribution in [0.1, 0.15) is 31.7 Å². The van der Waals surface area contributed by atoms with Crippen molar-refractivity contribution in [2.75, 3.05) is 4.90 Å². The summed E-state index contributed by atoms with van der Waals surface area (Å²) in [6, 6.07) is 1.96. The average Bonchev–Trinajstić information content (AvgIpc) is 2.26. The molecule has 18 heavy (non-hydrogen) atoms. The molecule has 1 aliphatic carbocycles. The van der Waals surface area contributed by atoms with Crippen LogP contribution in [0.15, 0.2) is 12.3 Å². The highest BCUT2D eigenvalue weighted by molar-refractivity contribution is 6.32. The number of aliphatic hydroxyl groups is 1. The van der Waals surface area contributed by atoms with Crippen LogP contribution in [0.25, 0.3) is 0 Å². The van der Waals surface area contributed by atoms with E-state index in [1.165, 1.54) is 0 Å². The third-order valence-corrected chi connectivity index (χ3v) is 3.78. The highest BCUT2D eigenvalue weighted by atomic mass is 16.3. The van der Waals surface area contributed by atoms with Gasteiger partial charge in [-0.05, 0) is 31.7 Å². The van der Waals surface area contributed by atoms with Gasteiger partial charge in [-0.2, -0.15) is 0 Å². The van der Waals surface area contributed by atoms with Crippen LogP contribution in [0.5, 0.6) is 0 Å². The Morgan fingerprint density at radius 2 is 2.22 bits per heavy atom. The molecule has 2 aliphatic rings. The summed E-state index contributed by atoms with van der Waals surface area (Å²) in [5, 5.41) is 9.81. The fourth-order valence-electron chi connectivity index (χ4n) is 2.92. The number of carbonyl (C=O) groups excluding carboxylic acids is 1. The first-order valence-electron chi connectivity index (χ1n) is 6.25. The van der Waals surface area contributed by atoms with Crippen LogP contribution in [0.2, 0.25) is 0 Å². The number of rotatable bonds is 1. The predicted octanol–water partition coefficient (Wildman–Crippen LogP) is 0.0680. The van der Waals surface area contributed by atoms with Gasteiger partial charge in [0.15, 0.2) is 0 Å². The summed E-state index contributed by atoms with van der Waals surface area (Å²) in [7, 11) is 5.72. The van der Waals surface area contributed by atoms with Crippen molar-refractivity contribution in [1.29, 1.82) is 0 Å². The van der Waals surface area contributed by atoms with Crippen molar-refractivity contribution in [3.8, 4) is 0 Å². The fraction of sp³-hybridized carbons (Fsp3) is 0.538. The van der Waals surface area contributed by atoms with Gasteiger partial charge in [0, 0.05) is 18.7 Å². The van der Waals surface area contributed by atoms with Gasteiger partial charge in [-0.3, -0.25) is 9.69 Å². The Balaban J connectivity index is 1.93. The summed E-state index contributed by atoms with van der Waals surface area (Å²) in [5.41, 5.74) is 1.01. The lowest BCUT2D eigenvalue weighted by atomic mass is 9.75. The van der Waals surface area contributed by atoms with Crippen LogP contribution in [-0.4, -0.2) is 35.5 Å². The molecule has 1 aromatic heterocycles. The smallest absolute Gasteiger partial charge is 0.228 e. The second-order valence-electron chi connectivity index (χ2n) is 5.57. The van der Waals surface area contributed by atoms with E-state index in [0.29, 0.717) is 31.1 Å². The second-order valence-corrected chi connectivity index (χ2v) is 5.57. The maximum Gasteiger partial charge on any atom is 0.228 e. The van der Waals surface area contributed by atoms with Crippen LogP contribution in [0, 0.1) is 0 Å². The number of aryl methyl sites for hydroxylation is 1. The van der Waals surface area contributed by atoms with E-state index in [1.807, 2.05) is 6.07 Å². The maximum absolute atomic E-state index is 12.1. The molecule has 0 spiro atoms. The molecule has 1 fully saturated rings. The highest BCUT2D eigenvalue weighted by Gasteiger charge is 2.45. The van der Waals surface area contributed by atoms with Crippen molar-refractivity contribution < 1.29 is 9.90 Å². The molecule has 0 atom stereocenters. The lowest BCUT2D eigenvalue weighted by molar-refractivity contribution is -0.121. The molecule has 1 saturated carbocycles. The first-order valence-corrected chi connectivity index (χ1v) is 6.25. The third-order valence-electron chi connectivity index (χ3n) is 3.78. The summed E-state index contributed by atoms with van der Waals surface area (Å²) in [4.78, 5) is 18.1. The Labute approximate surface area is 107 Å². The molecule has 1 aliphatic heterocycles. The van der Waals surface area contributed by atoms with Gasteiger partial charge in [-0.1, -0.05) is 11.5 Å². The van der Waals surface area contributed by atoms with Crippen molar-refractivity contribution in [2.24, 2.45) is 0 Å². The van der Waals surface area contributed by atoms with Gasteiger partial charge in [0.2, 0.25) is 5.91 Å². The molecule has 1 aromatic rings. The van der Waals surface area contributed by atoms with Gasteiger partial charge in [-0.25, -0.2) is 4.98 Å². The monoisotopic (exact) mass is 242 g/mol. The summed E-state index contributed by atoms with van der Waals surface area (Å²) >= 11 is 0. The molecule has 1 amide bonds. The summed E-state index contributed by atoms with van der Waals surface area (Å²) < 4.78 is 0. The number of fused-ring (bicyclic) bond motifs is 1. The molecule has 2 heterocycles. The number of aromatic nitrogens is 1. The maximum atomic E-state index is 12.1. The normalized spacial score (nSPS) is 30.9. The van der Waals surface area contributed by atoms with Crippen LogP contribution in [0.4, 0.5) is 5.82 Å². The van der Waals surface area contributed by atoms with E-state index in [2.05, 4.69) is 4.98 Å². The minimum absolute atomic E-state index is 0.0719. The van der Waals surface area contributed by atoms with E-state index < -0.39 is 5.60 Å². The predicted molar refractivity (Wildman–Crippen MR) is 69.1 cm³/mol. The summed E-state index contributed by atoms with van der Waals surface area (Å²) in [6.45, 7) is 1.80. The zero-order valence-electron chi connectivity index (χ0n) is 10.4. The van der Waals surface area contributed by atoms with E-state index in [9.17, 15) is 9.90 Å².